The number of hydrogen-bond acceptors (Lipinski definition) is 5. The van der Waals surface area contributed by atoms with Gasteiger partial charge >= 0.3 is 0 Å². The summed E-state index contributed by atoms with van der Waals surface area (Å²) in [7, 11) is 0. The summed E-state index contributed by atoms with van der Waals surface area (Å²) in [6, 6.07) is 9.36. The minimum Gasteiger partial charge on any atom is -0.385 e. The zero-order chi connectivity index (χ0) is 18.5. The van der Waals surface area contributed by atoms with Crippen LogP contribution in [0.3, 0.4) is 0 Å². The van der Waals surface area contributed by atoms with Crippen molar-refractivity contribution in [3.8, 4) is 0 Å². The van der Waals surface area contributed by atoms with Gasteiger partial charge in [0.25, 0.3) is 5.91 Å². The monoisotopic (exact) mass is 371 g/mol. The molecule has 0 spiro atoms. The average molecular weight is 371 g/mol. The lowest BCUT2D eigenvalue weighted by atomic mass is 10.1. The molecule has 0 unspecified atom stereocenters. The summed E-state index contributed by atoms with van der Waals surface area (Å²) >= 11 is 1.75. The van der Waals surface area contributed by atoms with Crippen molar-refractivity contribution in [3.05, 3.63) is 51.7 Å². The Bertz CT molecular complexity index is 827. The van der Waals surface area contributed by atoms with Crippen molar-refractivity contribution in [2.75, 3.05) is 18.5 Å². The van der Waals surface area contributed by atoms with E-state index in [4.69, 9.17) is 4.84 Å². The van der Waals surface area contributed by atoms with Gasteiger partial charge in [0.15, 0.2) is 6.61 Å². The molecule has 136 valence electrons. The molecule has 1 aromatic carbocycles. The van der Waals surface area contributed by atoms with Crippen LogP contribution in [0.2, 0.25) is 0 Å². The highest BCUT2D eigenvalue weighted by molar-refractivity contribution is 7.10. The molecule has 3 rings (SSSR count). The smallest absolute Gasteiger partial charge is 0.263 e. The van der Waals surface area contributed by atoms with Crippen LogP contribution in [-0.2, 0) is 27.4 Å². The minimum atomic E-state index is -0.114. The SMILES string of the molecule is CC(=O)Nc1ccc(/C(C)=N/OCC(=O)N2CCc3sccc3C2)cc1. The molecule has 6 nitrogen and oxygen atoms in total. The molecule has 0 bridgehead atoms. The van der Waals surface area contributed by atoms with Gasteiger partial charge in [-0.1, -0.05) is 17.3 Å². The Labute approximate surface area is 156 Å². The van der Waals surface area contributed by atoms with Crippen LogP contribution < -0.4 is 5.32 Å². The number of thiophene rings is 1. The highest BCUT2D eigenvalue weighted by Crippen LogP contribution is 2.23. The van der Waals surface area contributed by atoms with E-state index in [2.05, 4.69) is 21.9 Å². The van der Waals surface area contributed by atoms with E-state index >= 15 is 0 Å². The number of hydrogen-bond donors (Lipinski definition) is 1. The fraction of sp³-hybridized carbons (Fsp3) is 0.316. The zero-order valence-electron chi connectivity index (χ0n) is 14.8. The van der Waals surface area contributed by atoms with Gasteiger partial charge in [-0.15, -0.1) is 11.3 Å². The Kier molecular flexibility index (Phi) is 5.68. The summed E-state index contributed by atoms with van der Waals surface area (Å²) in [5, 5.41) is 8.82. The molecule has 0 aliphatic carbocycles. The van der Waals surface area contributed by atoms with E-state index in [0.717, 1.165) is 24.2 Å². The van der Waals surface area contributed by atoms with Crippen LogP contribution in [0.5, 0.6) is 0 Å². The first-order valence-corrected chi connectivity index (χ1v) is 9.28. The molecule has 2 aromatic rings. The molecular formula is C19H21N3O3S. The van der Waals surface area contributed by atoms with E-state index < -0.39 is 0 Å². The number of benzene rings is 1. The van der Waals surface area contributed by atoms with E-state index in [-0.39, 0.29) is 18.4 Å². The quantitative estimate of drug-likeness (QED) is 0.649. The van der Waals surface area contributed by atoms with Gasteiger partial charge in [-0.25, -0.2) is 0 Å². The molecule has 0 saturated heterocycles. The summed E-state index contributed by atoms with van der Waals surface area (Å²) < 4.78 is 0. The maximum atomic E-state index is 12.3. The highest BCUT2D eigenvalue weighted by Gasteiger charge is 2.21. The second-order valence-corrected chi connectivity index (χ2v) is 7.14. The first-order valence-electron chi connectivity index (χ1n) is 8.40. The number of oxime groups is 1. The van der Waals surface area contributed by atoms with Gasteiger partial charge in [0.2, 0.25) is 5.91 Å². The van der Waals surface area contributed by atoms with Gasteiger partial charge in [0.1, 0.15) is 0 Å². The van der Waals surface area contributed by atoms with Crippen molar-refractivity contribution in [2.45, 2.75) is 26.8 Å². The Hall–Kier alpha value is -2.67. The summed E-state index contributed by atoms with van der Waals surface area (Å²) in [6.07, 6.45) is 0.904. The zero-order valence-corrected chi connectivity index (χ0v) is 15.6. The van der Waals surface area contributed by atoms with E-state index in [1.165, 1.54) is 17.4 Å². The van der Waals surface area contributed by atoms with Crippen LogP contribution in [0.15, 0.2) is 40.9 Å². The lowest BCUT2D eigenvalue weighted by molar-refractivity contribution is -0.137. The first kappa shape index (κ1) is 18.1. The third kappa shape index (κ3) is 4.49. The third-order valence-electron chi connectivity index (χ3n) is 4.17. The van der Waals surface area contributed by atoms with Gasteiger partial charge in [0, 0.05) is 30.6 Å². The highest BCUT2D eigenvalue weighted by atomic mass is 32.1. The fourth-order valence-corrected chi connectivity index (χ4v) is 3.68. The standard InChI is InChI=1S/C19H21N3O3S/c1-13(15-3-5-17(6-4-15)20-14(2)23)21-25-12-19(24)22-9-7-18-16(11-22)8-10-26-18/h3-6,8,10H,7,9,11-12H2,1-2H3,(H,20,23)/b21-13+. The van der Waals surface area contributed by atoms with E-state index in [1.54, 1.807) is 23.5 Å². The van der Waals surface area contributed by atoms with Gasteiger partial charge in [-0.05, 0) is 48.1 Å². The second-order valence-electron chi connectivity index (χ2n) is 6.14. The van der Waals surface area contributed by atoms with Crippen molar-refractivity contribution in [3.63, 3.8) is 0 Å². The third-order valence-corrected chi connectivity index (χ3v) is 5.20. The van der Waals surface area contributed by atoms with E-state index in [0.29, 0.717) is 12.3 Å². The van der Waals surface area contributed by atoms with Gasteiger partial charge < -0.3 is 15.1 Å². The van der Waals surface area contributed by atoms with Crippen molar-refractivity contribution in [1.29, 1.82) is 0 Å². The molecule has 1 aliphatic rings. The topological polar surface area (TPSA) is 71.0 Å². The molecule has 0 atom stereocenters. The second kappa shape index (κ2) is 8.14. The van der Waals surface area contributed by atoms with E-state index in [1.807, 2.05) is 24.0 Å². The van der Waals surface area contributed by atoms with Crippen LogP contribution >= 0.6 is 11.3 Å². The molecule has 0 radical (unpaired) electrons. The molecule has 0 saturated carbocycles. The number of carbonyl (C=O) groups excluding carboxylic acids is 2. The Morgan fingerprint density at radius 1 is 1.23 bits per heavy atom. The summed E-state index contributed by atoms with van der Waals surface area (Å²) in [5.41, 5.74) is 3.50. The molecule has 1 N–H and O–H groups in total. The summed E-state index contributed by atoms with van der Waals surface area (Å²) in [6.45, 7) is 4.58. The molecular weight excluding hydrogens is 350 g/mol. The van der Waals surface area contributed by atoms with Crippen molar-refractivity contribution in [2.24, 2.45) is 5.16 Å². The fourth-order valence-electron chi connectivity index (χ4n) is 2.79. The number of rotatable bonds is 5. The maximum absolute atomic E-state index is 12.3. The Morgan fingerprint density at radius 2 is 2.00 bits per heavy atom. The average Bonchev–Trinajstić information content (AvgIpc) is 3.09. The molecule has 1 aromatic heterocycles. The lowest BCUT2D eigenvalue weighted by Gasteiger charge is -2.26. The Balaban J connectivity index is 1.51. The molecule has 7 heteroatoms. The van der Waals surface area contributed by atoms with Crippen LogP contribution in [0.25, 0.3) is 0 Å². The van der Waals surface area contributed by atoms with Crippen molar-refractivity contribution >= 4 is 34.6 Å². The van der Waals surface area contributed by atoms with Crippen LogP contribution in [0, 0.1) is 0 Å². The lowest BCUT2D eigenvalue weighted by Crippen LogP contribution is -2.37. The predicted molar refractivity (Wildman–Crippen MR) is 102 cm³/mol. The number of fused-ring (bicyclic) bond motifs is 1. The Morgan fingerprint density at radius 3 is 2.73 bits per heavy atom. The first-order chi connectivity index (χ1) is 12.5. The number of nitrogens with one attached hydrogen (secondary N) is 1. The van der Waals surface area contributed by atoms with Gasteiger partial charge in [-0.2, -0.15) is 0 Å². The molecule has 1 aliphatic heterocycles. The van der Waals surface area contributed by atoms with Crippen LogP contribution in [0.4, 0.5) is 5.69 Å². The van der Waals surface area contributed by atoms with Crippen molar-refractivity contribution in [1.82, 2.24) is 4.90 Å². The number of amides is 2. The molecule has 2 amide bonds. The largest absolute Gasteiger partial charge is 0.385 e. The number of anilines is 1. The molecule has 26 heavy (non-hydrogen) atoms. The van der Waals surface area contributed by atoms with E-state index in [9.17, 15) is 9.59 Å². The minimum absolute atomic E-state index is 0.0561. The predicted octanol–water partition coefficient (Wildman–Crippen LogP) is 3.03. The summed E-state index contributed by atoms with van der Waals surface area (Å²) in [5.74, 6) is -0.170. The number of nitrogens with zero attached hydrogens (tertiary/aromatic N) is 2. The maximum Gasteiger partial charge on any atom is 0.263 e. The van der Waals surface area contributed by atoms with Crippen LogP contribution in [0.1, 0.15) is 29.9 Å². The normalized spacial score (nSPS) is 13.9. The van der Waals surface area contributed by atoms with Gasteiger partial charge in [-0.3, -0.25) is 9.59 Å². The molecule has 0 fully saturated rings. The van der Waals surface area contributed by atoms with Crippen LogP contribution in [-0.4, -0.2) is 35.6 Å². The summed E-state index contributed by atoms with van der Waals surface area (Å²) in [4.78, 5) is 31.8. The van der Waals surface area contributed by atoms with Gasteiger partial charge in [0.05, 0.1) is 5.71 Å². The van der Waals surface area contributed by atoms with Crippen molar-refractivity contribution < 1.29 is 14.4 Å². The molecule has 2 heterocycles. The number of carbonyl (C=O) groups is 2.